The van der Waals surface area contributed by atoms with Crippen LogP contribution in [0.4, 0.5) is 10.5 Å². The van der Waals surface area contributed by atoms with E-state index in [1.807, 2.05) is 25.9 Å². The lowest BCUT2D eigenvalue weighted by Gasteiger charge is -2.19. The molecule has 2 amide bonds. The Hall–Kier alpha value is -1.79. The number of carboxylic acids is 1. The SMILES string of the molecule is CC(CN(C)C)NC(=O)Nc1ccc(Cl)cc1C(=O)O. The lowest BCUT2D eigenvalue weighted by atomic mass is 10.2. The molecule has 0 bridgehead atoms. The fourth-order valence-corrected chi connectivity index (χ4v) is 1.95. The second kappa shape index (κ2) is 7.12. The number of carbonyl (C=O) groups is 2. The third-order valence-corrected chi connectivity index (χ3v) is 2.71. The van der Waals surface area contributed by atoms with E-state index >= 15 is 0 Å². The van der Waals surface area contributed by atoms with E-state index in [1.165, 1.54) is 18.2 Å². The molecule has 1 aromatic rings. The number of aromatic carboxylic acids is 1. The Morgan fingerprint density at radius 1 is 1.40 bits per heavy atom. The first kappa shape index (κ1) is 16.3. The average Bonchev–Trinajstić information content (AvgIpc) is 2.29. The second-order valence-corrected chi connectivity index (χ2v) is 5.19. The van der Waals surface area contributed by atoms with Crippen molar-refractivity contribution in [3.8, 4) is 0 Å². The van der Waals surface area contributed by atoms with Gasteiger partial charge in [0.1, 0.15) is 0 Å². The van der Waals surface area contributed by atoms with Gasteiger partial charge in [0.25, 0.3) is 0 Å². The molecule has 0 saturated carbocycles. The summed E-state index contributed by atoms with van der Waals surface area (Å²) in [5.41, 5.74) is 0.157. The predicted octanol–water partition coefficient (Wildman–Crippen LogP) is 2.11. The number of hydrogen-bond acceptors (Lipinski definition) is 3. The first-order valence-corrected chi connectivity index (χ1v) is 6.42. The Morgan fingerprint density at radius 3 is 2.60 bits per heavy atom. The molecule has 6 nitrogen and oxygen atoms in total. The maximum absolute atomic E-state index is 11.8. The number of urea groups is 1. The van der Waals surface area contributed by atoms with E-state index in [0.29, 0.717) is 11.6 Å². The van der Waals surface area contributed by atoms with Crippen molar-refractivity contribution in [2.24, 2.45) is 0 Å². The molecule has 0 fully saturated rings. The largest absolute Gasteiger partial charge is 0.478 e. The summed E-state index contributed by atoms with van der Waals surface area (Å²) in [7, 11) is 3.80. The van der Waals surface area contributed by atoms with Crippen molar-refractivity contribution in [3.05, 3.63) is 28.8 Å². The summed E-state index contributed by atoms with van der Waals surface area (Å²) in [5.74, 6) is -1.15. The van der Waals surface area contributed by atoms with Crippen LogP contribution in [0.15, 0.2) is 18.2 Å². The number of carbonyl (C=O) groups excluding carboxylic acids is 1. The van der Waals surface area contributed by atoms with Gasteiger partial charge in [0.2, 0.25) is 0 Å². The highest BCUT2D eigenvalue weighted by molar-refractivity contribution is 6.31. The first-order valence-electron chi connectivity index (χ1n) is 6.04. The molecule has 0 aliphatic rings. The minimum Gasteiger partial charge on any atom is -0.478 e. The summed E-state index contributed by atoms with van der Waals surface area (Å²) in [4.78, 5) is 24.8. The number of amides is 2. The molecule has 1 unspecified atom stereocenters. The highest BCUT2D eigenvalue weighted by Crippen LogP contribution is 2.20. The molecular formula is C13H18ClN3O3. The summed E-state index contributed by atoms with van der Waals surface area (Å²) in [5, 5.41) is 14.6. The normalized spacial score (nSPS) is 12.1. The van der Waals surface area contributed by atoms with Gasteiger partial charge in [-0.1, -0.05) is 11.6 Å². The van der Waals surface area contributed by atoms with Gasteiger partial charge in [-0.3, -0.25) is 0 Å². The van der Waals surface area contributed by atoms with Gasteiger partial charge in [0, 0.05) is 17.6 Å². The number of halogens is 1. The molecule has 0 aliphatic heterocycles. The molecule has 0 spiro atoms. The molecule has 0 aromatic heterocycles. The van der Waals surface area contributed by atoms with Crippen molar-refractivity contribution in [1.82, 2.24) is 10.2 Å². The third-order valence-electron chi connectivity index (χ3n) is 2.48. The second-order valence-electron chi connectivity index (χ2n) is 4.76. The van der Waals surface area contributed by atoms with E-state index in [1.54, 1.807) is 0 Å². The van der Waals surface area contributed by atoms with Crippen molar-refractivity contribution in [2.75, 3.05) is 26.0 Å². The van der Waals surface area contributed by atoms with Crippen molar-refractivity contribution >= 4 is 29.3 Å². The molecule has 110 valence electrons. The van der Waals surface area contributed by atoms with Crippen molar-refractivity contribution < 1.29 is 14.7 Å². The smallest absolute Gasteiger partial charge is 0.337 e. The fourth-order valence-electron chi connectivity index (χ4n) is 1.78. The summed E-state index contributed by atoms with van der Waals surface area (Å²) >= 11 is 5.74. The molecule has 1 atom stereocenters. The zero-order chi connectivity index (χ0) is 15.3. The average molecular weight is 300 g/mol. The Labute approximate surface area is 122 Å². The van der Waals surface area contributed by atoms with E-state index in [0.717, 1.165) is 0 Å². The van der Waals surface area contributed by atoms with Crippen LogP contribution < -0.4 is 10.6 Å². The van der Waals surface area contributed by atoms with Crippen LogP contribution in [0.5, 0.6) is 0 Å². The van der Waals surface area contributed by atoms with Crippen LogP contribution in [-0.2, 0) is 0 Å². The molecule has 0 aliphatic carbocycles. The van der Waals surface area contributed by atoms with E-state index in [9.17, 15) is 9.59 Å². The number of anilines is 1. The maximum Gasteiger partial charge on any atom is 0.337 e. The molecular weight excluding hydrogens is 282 g/mol. The highest BCUT2D eigenvalue weighted by atomic mass is 35.5. The van der Waals surface area contributed by atoms with Gasteiger partial charge < -0.3 is 20.6 Å². The molecule has 3 N–H and O–H groups in total. The van der Waals surface area contributed by atoms with Crippen LogP contribution >= 0.6 is 11.6 Å². The summed E-state index contributed by atoms with van der Waals surface area (Å²) in [6.07, 6.45) is 0. The predicted molar refractivity (Wildman–Crippen MR) is 78.6 cm³/mol. The van der Waals surface area contributed by atoms with E-state index in [-0.39, 0.29) is 17.3 Å². The zero-order valence-electron chi connectivity index (χ0n) is 11.6. The monoisotopic (exact) mass is 299 g/mol. The minimum atomic E-state index is -1.15. The Morgan fingerprint density at radius 2 is 2.05 bits per heavy atom. The van der Waals surface area contributed by atoms with Crippen LogP contribution in [0.2, 0.25) is 5.02 Å². The fraction of sp³-hybridized carbons (Fsp3) is 0.385. The van der Waals surface area contributed by atoms with Gasteiger partial charge in [-0.2, -0.15) is 0 Å². The van der Waals surface area contributed by atoms with Gasteiger partial charge in [0.05, 0.1) is 11.3 Å². The standard InChI is InChI=1S/C13H18ClN3O3/c1-8(7-17(2)3)15-13(20)16-11-5-4-9(14)6-10(11)12(18)19/h4-6,8H,7H2,1-3H3,(H,18,19)(H2,15,16,20). The maximum atomic E-state index is 11.8. The summed E-state index contributed by atoms with van der Waals surface area (Å²) < 4.78 is 0. The lowest BCUT2D eigenvalue weighted by molar-refractivity contribution is 0.0698. The van der Waals surface area contributed by atoms with E-state index < -0.39 is 12.0 Å². The van der Waals surface area contributed by atoms with Crippen LogP contribution in [0.25, 0.3) is 0 Å². The summed E-state index contributed by atoms with van der Waals surface area (Å²) in [6.45, 7) is 2.54. The number of likely N-dealkylation sites (N-methyl/N-ethyl adjacent to an activating group) is 1. The van der Waals surface area contributed by atoms with Gasteiger partial charge in [0.15, 0.2) is 0 Å². The lowest BCUT2D eigenvalue weighted by Crippen LogP contribution is -2.41. The number of nitrogens with one attached hydrogen (secondary N) is 2. The molecule has 1 rings (SSSR count). The van der Waals surface area contributed by atoms with Crippen LogP contribution in [0, 0.1) is 0 Å². The Balaban J connectivity index is 2.73. The van der Waals surface area contributed by atoms with Crippen LogP contribution in [-0.4, -0.2) is 48.7 Å². The van der Waals surface area contributed by atoms with E-state index in [2.05, 4.69) is 10.6 Å². The quantitative estimate of drug-likeness (QED) is 0.778. The minimum absolute atomic E-state index is 0.0482. The Kier molecular flexibility index (Phi) is 5.79. The molecule has 1 aromatic carbocycles. The van der Waals surface area contributed by atoms with Gasteiger partial charge in [-0.05, 0) is 39.2 Å². The number of benzene rings is 1. The molecule has 0 radical (unpaired) electrons. The molecule has 20 heavy (non-hydrogen) atoms. The van der Waals surface area contributed by atoms with Gasteiger partial charge in [-0.15, -0.1) is 0 Å². The zero-order valence-corrected chi connectivity index (χ0v) is 12.4. The molecule has 7 heteroatoms. The van der Waals surface area contributed by atoms with Gasteiger partial charge in [-0.25, -0.2) is 9.59 Å². The number of rotatable bonds is 5. The topological polar surface area (TPSA) is 81.7 Å². The van der Waals surface area contributed by atoms with Crippen LogP contribution in [0.3, 0.4) is 0 Å². The number of nitrogens with zero attached hydrogens (tertiary/aromatic N) is 1. The van der Waals surface area contributed by atoms with Crippen LogP contribution in [0.1, 0.15) is 17.3 Å². The first-order chi connectivity index (χ1) is 9.29. The van der Waals surface area contributed by atoms with Crippen molar-refractivity contribution in [1.29, 1.82) is 0 Å². The third kappa shape index (κ3) is 5.07. The number of hydrogen-bond donors (Lipinski definition) is 3. The van der Waals surface area contributed by atoms with Gasteiger partial charge >= 0.3 is 12.0 Å². The summed E-state index contributed by atoms with van der Waals surface area (Å²) in [6, 6.07) is 3.76. The number of carboxylic acid groups (broad SMARTS) is 1. The molecule has 0 saturated heterocycles. The Bertz CT molecular complexity index is 506. The van der Waals surface area contributed by atoms with Crippen molar-refractivity contribution in [2.45, 2.75) is 13.0 Å². The molecule has 0 heterocycles. The highest BCUT2D eigenvalue weighted by Gasteiger charge is 2.14. The van der Waals surface area contributed by atoms with E-state index in [4.69, 9.17) is 16.7 Å². The van der Waals surface area contributed by atoms with Crippen molar-refractivity contribution in [3.63, 3.8) is 0 Å².